The zero-order valence-corrected chi connectivity index (χ0v) is 42.4. The molecule has 0 heterocycles. The molecule has 0 aliphatic heterocycles. The van der Waals surface area contributed by atoms with Crippen LogP contribution in [-0.2, 0) is 14.2 Å². The Morgan fingerprint density at radius 1 is 0.382 bits per heavy atom. The molecule has 0 spiro atoms. The van der Waals surface area contributed by atoms with Crippen LogP contribution in [0.2, 0.25) is 0 Å². The van der Waals surface area contributed by atoms with E-state index in [1.165, 1.54) is 132 Å². The standard InChI is InChI=1S/C62H84O6/c1-6-49(51-9-15-55(16-10-51)67-58(64-4)61-33-43-23-44(34-61)25-45(24-43)35-61)29-53(52-11-17-56(18-12-52)68-59(65-5)62-36-46-26-47(37-62)28-48(27-46)38-62)19-39(2)50-7-13-54(14-8-50)66-57(63-3)60-30-40-20-41(31-60)22-42(21-40)32-60/h7-18,39-49,53,57-59H,6,19-38H2,1-5H3. The largest absolute Gasteiger partial charge is 0.464 e. The molecule has 368 valence electrons. The summed E-state index contributed by atoms with van der Waals surface area (Å²) in [4.78, 5) is 0. The van der Waals surface area contributed by atoms with Crippen molar-refractivity contribution in [2.75, 3.05) is 21.3 Å². The highest BCUT2D eigenvalue weighted by molar-refractivity contribution is 5.35. The molecule has 12 saturated carbocycles. The first-order valence-corrected chi connectivity index (χ1v) is 28.0. The quantitative estimate of drug-likeness (QED) is 0.105. The van der Waals surface area contributed by atoms with Gasteiger partial charge in [0, 0.05) is 37.6 Å². The molecular formula is C62H84O6. The van der Waals surface area contributed by atoms with Crippen LogP contribution in [0.15, 0.2) is 72.8 Å². The van der Waals surface area contributed by atoms with E-state index in [1.54, 1.807) is 0 Å². The van der Waals surface area contributed by atoms with Crippen molar-refractivity contribution in [1.82, 2.24) is 0 Å². The molecule has 6 nitrogen and oxygen atoms in total. The lowest BCUT2D eigenvalue weighted by molar-refractivity contribution is -0.204. The van der Waals surface area contributed by atoms with Gasteiger partial charge in [0.2, 0.25) is 18.9 Å². The Morgan fingerprint density at radius 2 is 0.647 bits per heavy atom. The molecule has 0 radical (unpaired) electrons. The second kappa shape index (κ2) is 18.5. The summed E-state index contributed by atoms with van der Waals surface area (Å²) < 4.78 is 39.2. The van der Waals surface area contributed by atoms with Crippen LogP contribution < -0.4 is 14.2 Å². The Kier molecular flexibility index (Phi) is 12.5. The maximum Gasteiger partial charge on any atom is 0.205 e. The molecule has 6 heteroatoms. The van der Waals surface area contributed by atoms with E-state index < -0.39 is 0 Å². The predicted octanol–water partition coefficient (Wildman–Crippen LogP) is 15.3. The minimum atomic E-state index is -0.181. The molecule has 12 bridgehead atoms. The van der Waals surface area contributed by atoms with Crippen molar-refractivity contribution >= 4 is 0 Å². The number of rotatable bonds is 20. The average molecular weight is 925 g/mol. The Morgan fingerprint density at radius 3 is 0.912 bits per heavy atom. The molecule has 12 aliphatic carbocycles. The van der Waals surface area contributed by atoms with Gasteiger partial charge < -0.3 is 28.4 Å². The van der Waals surface area contributed by atoms with Gasteiger partial charge in [-0.3, -0.25) is 0 Å². The number of hydrogen-bond donors (Lipinski definition) is 0. The lowest BCUT2D eigenvalue weighted by Gasteiger charge is -2.58. The summed E-state index contributed by atoms with van der Waals surface area (Å²) in [5.41, 5.74) is 4.66. The summed E-state index contributed by atoms with van der Waals surface area (Å²) in [6.45, 7) is 4.79. The molecule has 68 heavy (non-hydrogen) atoms. The Hall–Kier alpha value is -3.06. The average Bonchev–Trinajstić information content (AvgIpc) is 3.32. The van der Waals surface area contributed by atoms with E-state index in [1.807, 2.05) is 21.3 Å². The summed E-state index contributed by atoms with van der Waals surface area (Å²) in [7, 11) is 5.60. The highest BCUT2D eigenvalue weighted by Crippen LogP contribution is 2.64. The molecule has 0 saturated heterocycles. The van der Waals surface area contributed by atoms with Gasteiger partial charge in [0.25, 0.3) is 0 Å². The van der Waals surface area contributed by atoms with Crippen molar-refractivity contribution in [3.63, 3.8) is 0 Å². The van der Waals surface area contributed by atoms with Crippen molar-refractivity contribution in [1.29, 1.82) is 0 Å². The van der Waals surface area contributed by atoms with Crippen molar-refractivity contribution in [2.24, 2.45) is 69.5 Å². The zero-order valence-electron chi connectivity index (χ0n) is 42.4. The summed E-state index contributed by atoms with van der Waals surface area (Å²) in [5.74, 6) is 11.7. The lowest BCUT2D eigenvalue weighted by atomic mass is 9.49. The highest BCUT2D eigenvalue weighted by Gasteiger charge is 2.58. The van der Waals surface area contributed by atoms with Gasteiger partial charge in [-0.15, -0.1) is 0 Å². The Labute approximate surface area is 409 Å². The fourth-order valence-electron chi connectivity index (χ4n) is 19.4. The van der Waals surface area contributed by atoms with Crippen molar-refractivity contribution < 1.29 is 28.4 Å². The second-order valence-electron chi connectivity index (χ2n) is 25.8. The Bertz CT molecular complexity index is 2070. The lowest BCUT2D eigenvalue weighted by Crippen LogP contribution is -2.53. The summed E-state index contributed by atoms with van der Waals surface area (Å²) in [6, 6.07) is 27.4. The smallest absolute Gasteiger partial charge is 0.205 e. The van der Waals surface area contributed by atoms with E-state index in [0.29, 0.717) is 17.8 Å². The van der Waals surface area contributed by atoms with Gasteiger partial charge in [0.1, 0.15) is 17.2 Å². The van der Waals surface area contributed by atoms with Crippen LogP contribution in [0.25, 0.3) is 0 Å². The van der Waals surface area contributed by atoms with E-state index in [2.05, 4.69) is 86.6 Å². The minimum absolute atomic E-state index is 0.161. The predicted molar refractivity (Wildman–Crippen MR) is 269 cm³/mol. The van der Waals surface area contributed by atoms with Crippen LogP contribution in [0.4, 0.5) is 0 Å². The molecule has 3 aromatic carbocycles. The van der Waals surface area contributed by atoms with E-state index in [-0.39, 0.29) is 35.1 Å². The molecule has 12 aliphatic rings. The van der Waals surface area contributed by atoms with Crippen molar-refractivity contribution in [3.05, 3.63) is 89.5 Å². The SMILES string of the molecule is CCC(CC(CC(C)c1ccc(OC(OC)C23CC4CC(CC(C4)C2)C3)cc1)c1ccc(OC(OC)C23CC4CC(CC(C4)C2)C3)cc1)c1ccc(OC(OC)C23CC4CC(CC(C4)C2)C3)cc1. The first-order valence-electron chi connectivity index (χ1n) is 28.0. The number of benzene rings is 3. The maximum atomic E-state index is 6.87. The van der Waals surface area contributed by atoms with Gasteiger partial charge >= 0.3 is 0 Å². The van der Waals surface area contributed by atoms with Gasteiger partial charge in [-0.05, 0) is 259 Å². The maximum absolute atomic E-state index is 6.87. The monoisotopic (exact) mass is 925 g/mol. The second-order valence-corrected chi connectivity index (χ2v) is 25.8. The minimum Gasteiger partial charge on any atom is -0.464 e. The molecular weight excluding hydrogens is 841 g/mol. The first-order chi connectivity index (χ1) is 33.1. The van der Waals surface area contributed by atoms with Gasteiger partial charge in [-0.1, -0.05) is 50.2 Å². The van der Waals surface area contributed by atoms with Crippen LogP contribution in [0, 0.1) is 69.5 Å². The third-order valence-electron chi connectivity index (χ3n) is 21.0. The van der Waals surface area contributed by atoms with Crippen LogP contribution in [0.5, 0.6) is 17.2 Å². The molecule has 0 aromatic heterocycles. The van der Waals surface area contributed by atoms with Crippen LogP contribution >= 0.6 is 0 Å². The zero-order chi connectivity index (χ0) is 46.2. The van der Waals surface area contributed by atoms with Gasteiger partial charge in [-0.2, -0.15) is 0 Å². The van der Waals surface area contributed by atoms with Gasteiger partial charge in [0.15, 0.2) is 0 Å². The van der Waals surface area contributed by atoms with E-state index in [0.717, 1.165) is 89.8 Å². The summed E-state index contributed by atoms with van der Waals surface area (Å²) >= 11 is 0. The van der Waals surface area contributed by atoms with E-state index in [4.69, 9.17) is 28.4 Å². The fraction of sp³-hybridized carbons (Fsp3) is 0.710. The fourth-order valence-corrected chi connectivity index (χ4v) is 19.4. The highest BCUT2D eigenvalue weighted by atomic mass is 16.7. The molecule has 6 unspecified atom stereocenters. The molecule has 15 rings (SSSR count). The van der Waals surface area contributed by atoms with Crippen LogP contribution in [0.3, 0.4) is 0 Å². The number of ether oxygens (including phenoxy) is 6. The van der Waals surface area contributed by atoms with Crippen LogP contribution in [0.1, 0.15) is 183 Å². The molecule has 3 aromatic rings. The van der Waals surface area contributed by atoms with E-state index >= 15 is 0 Å². The number of methoxy groups -OCH3 is 3. The molecule has 6 atom stereocenters. The molecule has 12 fully saturated rings. The number of hydrogen-bond acceptors (Lipinski definition) is 6. The van der Waals surface area contributed by atoms with E-state index in [9.17, 15) is 0 Å². The third-order valence-corrected chi connectivity index (χ3v) is 21.0. The topological polar surface area (TPSA) is 55.4 Å². The van der Waals surface area contributed by atoms with Crippen LogP contribution in [-0.4, -0.2) is 40.2 Å². The Balaban J connectivity index is 0.756. The van der Waals surface area contributed by atoms with Crippen molar-refractivity contribution in [2.45, 2.75) is 185 Å². The molecule has 0 N–H and O–H groups in total. The summed E-state index contributed by atoms with van der Waals surface area (Å²) in [6.07, 6.45) is 26.9. The third kappa shape index (κ3) is 8.77. The van der Waals surface area contributed by atoms with Gasteiger partial charge in [-0.25, -0.2) is 0 Å². The normalized spacial score (nSPS) is 38.5. The first kappa shape index (κ1) is 46.0. The summed E-state index contributed by atoms with van der Waals surface area (Å²) in [5, 5.41) is 0. The van der Waals surface area contributed by atoms with Crippen molar-refractivity contribution in [3.8, 4) is 17.2 Å². The van der Waals surface area contributed by atoms with Gasteiger partial charge in [0.05, 0.1) is 0 Å². The molecule has 0 amide bonds.